The zero-order valence-electron chi connectivity index (χ0n) is 30.7. The predicted molar refractivity (Wildman–Crippen MR) is 199 cm³/mol. The molecule has 0 radical (unpaired) electrons. The molecule has 0 saturated carbocycles. The summed E-state index contributed by atoms with van der Waals surface area (Å²) in [4.78, 5) is 23.5. The second-order valence-corrected chi connectivity index (χ2v) is 13.6. The normalized spacial score (nSPS) is 12.3. The van der Waals surface area contributed by atoms with Crippen molar-refractivity contribution in [2.24, 2.45) is 0 Å². The van der Waals surface area contributed by atoms with Gasteiger partial charge in [-0.2, -0.15) is 0 Å². The van der Waals surface area contributed by atoms with Crippen molar-refractivity contribution in [1.82, 2.24) is 25.6 Å². The Morgan fingerprint density at radius 3 is 1.66 bits per heavy atom. The Morgan fingerprint density at radius 2 is 1.15 bits per heavy atom. The van der Waals surface area contributed by atoms with Gasteiger partial charge in [-0.15, -0.1) is 5.10 Å². The molecule has 0 saturated heterocycles. The first-order chi connectivity index (χ1) is 23.2. The number of nitrogens with one attached hydrogen (secondary N) is 2. The molecule has 1 aromatic rings. The maximum absolute atomic E-state index is 12.8. The molecule has 2 amide bonds. The van der Waals surface area contributed by atoms with E-state index in [0.717, 1.165) is 25.7 Å². The van der Waals surface area contributed by atoms with Crippen molar-refractivity contribution < 1.29 is 9.59 Å². The summed E-state index contributed by atoms with van der Waals surface area (Å²) >= 11 is 0. The molecule has 0 aliphatic heterocycles. The van der Waals surface area contributed by atoms with Crippen LogP contribution in [0.25, 0.3) is 0 Å². The maximum Gasteiger partial charge on any atom is 0.220 e. The van der Waals surface area contributed by atoms with Crippen LogP contribution in [0.15, 0.2) is 30.5 Å². The average molecular weight is 656 g/mol. The Labute approximate surface area is 289 Å². The number of amides is 2. The second-order valence-electron chi connectivity index (χ2n) is 13.6. The minimum Gasteiger partial charge on any atom is -0.353 e. The van der Waals surface area contributed by atoms with Gasteiger partial charge in [-0.05, 0) is 51.4 Å². The highest BCUT2D eigenvalue weighted by Gasteiger charge is 2.13. The van der Waals surface area contributed by atoms with E-state index in [1.54, 1.807) is 4.68 Å². The molecule has 47 heavy (non-hydrogen) atoms. The average Bonchev–Trinajstić information content (AvgIpc) is 3.52. The highest BCUT2D eigenvalue weighted by molar-refractivity contribution is 5.76. The molecule has 0 aliphatic rings. The van der Waals surface area contributed by atoms with Crippen LogP contribution in [-0.2, 0) is 22.7 Å². The van der Waals surface area contributed by atoms with Crippen molar-refractivity contribution in [3.8, 4) is 0 Å². The summed E-state index contributed by atoms with van der Waals surface area (Å²) in [5.41, 5.74) is 0.711. The van der Waals surface area contributed by atoms with Gasteiger partial charge in [0, 0.05) is 6.42 Å². The number of hydrogen-bond donors (Lipinski definition) is 2. The molecule has 7 nitrogen and oxygen atoms in total. The minimum absolute atomic E-state index is 0.0345. The third-order valence-corrected chi connectivity index (χ3v) is 8.95. The van der Waals surface area contributed by atoms with Crippen molar-refractivity contribution >= 4 is 12.3 Å². The summed E-state index contributed by atoms with van der Waals surface area (Å²) < 4.78 is 1.77. The van der Waals surface area contributed by atoms with E-state index in [1.807, 2.05) is 6.20 Å². The second kappa shape index (κ2) is 33.5. The molecule has 1 rings (SSSR count). The van der Waals surface area contributed by atoms with Gasteiger partial charge < -0.3 is 10.6 Å². The minimum atomic E-state index is -0.0345. The van der Waals surface area contributed by atoms with Gasteiger partial charge >= 0.3 is 0 Å². The molecule has 1 atom stereocenters. The lowest BCUT2D eigenvalue weighted by Gasteiger charge is -2.17. The quantitative estimate of drug-likeness (QED) is 0.0433. The summed E-state index contributed by atoms with van der Waals surface area (Å²) in [7, 11) is 0. The van der Waals surface area contributed by atoms with Gasteiger partial charge in [-0.3, -0.25) is 14.3 Å². The Kier molecular flexibility index (Phi) is 30.3. The maximum atomic E-state index is 12.8. The van der Waals surface area contributed by atoms with Crippen LogP contribution in [0.4, 0.5) is 0 Å². The molecular formula is C40H73N5O2. The van der Waals surface area contributed by atoms with Gasteiger partial charge in [0.1, 0.15) is 5.69 Å². The van der Waals surface area contributed by atoms with Gasteiger partial charge in [-0.1, -0.05) is 159 Å². The largest absolute Gasteiger partial charge is 0.353 e. The summed E-state index contributed by atoms with van der Waals surface area (Å²) in [5.74, 6) is 0.120. The number of allylic oxidation sites excluding steroid dienone is 3. The Bertz CT molecular complexity index is 897. The first kappa shape index (κ1) is 42.6. The topological polar surface area (TPSA) is 88.9 Å². The molecule has 0 spiro atoms. The van der Waals surface area contributed by atoms with Crippen molar-refractivity contribution in [3.63, 3.8) is 0 Å². The van der Waals surface area contributed by atoms with Crippen LogP contribution in [-0.4, -0.2) is 33.4 Å². The van der Waals surface area contributed by atoms with E-state index in [-0.39, 0.29) is 11.9 Å². The standard InChI is InChI=1S/C40H73N5O2/c1-3-5-7-9-11-13-15-17-19-21-23-25-27-29-31-33-40(47)42-38(35-45-36-39(43-44-45)34-41-37-46)32-30-28-26-24-22-20-18-16-14-12-10-8-6-4-2/h17,19,28,30,36-38H,3-16,18,20-27,29,31-35H2,1-2H3,(H,41,46)(H,42,47)/b19-17-,30-28+. The van der Waals surface area contributed by atoms with Gasteiger partial charge in [0.2, 0.25) is 12.3 Å². The van der Waals surface area contributed by atoms with Crippen molar-refractivity contribution in [2.45, 2.75) is 206 Å². The fourth-order valence-electron chi connectivity index (χ4n) is 6.02. The molecule has 0 aromatic carbocycles. The number of unbranched alkanes of at least 4 members (excludes halogenated alkanes) is 22. The third-order valence-electron chi connectivity index (χ3n) is 8.95. The van der Waals surface area contributed by atoms with E-state index < -0.39 is 0 Å². The van der Waals surface area contributed by atoms with E-state index in [0.29, 0.717) is 31.6 Å². The van der Waals surface area contributed by atoms with E-state index in [4.69, 9.17) is 0 Å². The van der Waals surface area contributed by atoms with E-state index in [9.17, 15) is 9.59 Å². The summed E-state index contributed by atoms with van der Waals surface area (Å²) in [6.45, 7) is 5.47. The summed E-state index contributed by atoms with van der Waals surface area (Å²) in [5, 5.41) is 14.2. The first-order valence-corrected chi connectivity index (χ1v) is 19.8. The number of carbonyl (C=O) groups excluding carboxylic acids is 2. The predicted octanol–water partition coefficient (Wildman–Crippen LogP) is 10.7. The number of hydrogen-bond acceptors (Lipinski definition) is 4. The number of carbonyl (C=O) groups is 2. The van der Waals surface area contributed by atoms with Crippen molar-refractivity contribution in [1.29, 1.82) is 0 Å². The highest BCUT2D eigenvalue weighted by atomic mass is 16.1. The fraction of sp³-hybridized carbons (Fsp3) is 0.800. The molecule has 0 aliphatic carbocycles. The Balaban J connectivity index is 2.25. The number of aromatic nitrogens is 3. The SMILES string of the molecule is CCCCCCCC/C=C\CCCCCCCC(=O)NC(C/C=C/CCCCCCCCCCCCC)Cn1cc(CNC=O)nn1. The summed E-state index contributed by atoms with van der Waals surface area (Å²) in [6.07, 6.45) is 45.4. The zero-order chi connectivity index (χ0) is 33.9. The van der Waals surface area contributed by atoms with Crippen LogP contribution in [0.3, 0.4) is 0 Å². The van der Waals surface area contributed by atoms with Crippen LogP contribution >= 0.6 is 0 Å². The van der Waals surface area contributed by atoms with E-state index in [1.165, 1.54) is 141 Å². The molecule has 0 fully saturated rings. The van der Waals surface area contributed by atoms with Crippen LogP contribution in [0.5, 0.6) is 0 Å². The summed E-state index contributed by atoms with van der Waals surface area (Å²) in [6, 6.07) is -0.0345. The molecule has 1 heterocycles. The highest BCUT2D eigenvalue weighted by Crippen LogP contribution is 2.13. The lowest BCUT2D eigenvalue weighted by atomic mass is 10.0. The molecule has 1 unspecified atom stereocenters. The molecule has 0 bridgehead atoms. The molecular weight excluding hydrogens is 582 g/mol. The lowest BCUT2D eigenvalue weighted by molar-refractivity contribution is -0.122. The molecule has 270 valence electrons. The number of rotatable bonds is 35. The van der Waals surface area contributed by atoms with Crippen molar-refractivity contribution in [3.05, 3.63) is 36.2 Å². The van der Waals surface area contributed by atoms with Crippen LogP contribution in [0, 0.1) is 0 Å². The van der Waals surface area contributed by atoms with Crippen molar-refractivity contribution in [2.75, 3.05) is 0 Å². The number of nitrogens with zero attached hydrogens (tertiary/aromatic N) is 3. The molecule has 7 heteroatoms. The van der Waals surface area contributed by atoms with Crippen LogP contribution < -0.4 is 10.6 Å². The Hall–Kier alpha value is -2.44. The third kappa shape index (κ3) is 28.3. The van der Waals surface area contributed by atoms with E-state index >= 15 is 0 Å². The smallest absolute Gasteiger partial charge is 0.220 e. The van der Waals surface area contributed by atoms with Crippen LogP contribution in [0.2, 0.25) is 0 Å². The Morgan fingerprint density at radius 1 is 0.681 bits per heavy atom. The fourth-order valence-corrected chi connectivity index (χ4v) is 6.02. The van der Waals surface area contributed by atoms with Gasteiger partial charge in [0.05, 0.1) is 25.3 Å². The lowest BCUT2D eigenvalue weighted by Crippen LogP contribution is -2.37. The molecule has 1 aromatic heterocycles. The van der Waals surface area contributed by atoms with E-state index in [2.05, 4.69) is 59.1 Å². The first-order valence-electron chi connectivity index (χ1n) is 19.8. The molecule has 2 N–H and O–H groups in total. The van der Waals surface area contributed by atoms with Crippen LogP contribution in [0.1, 0.15) is 193 Å². The zero-order valence-corrected chi connectivity index (χ0v) is 30.7. The monoisotopic (exact) mass is 656 g/mol. The van der Waals surface area contributed by atoms with Gasteiger partial charge in [-0.25, -0.2) is 0 Å². The van der Waals surface area contributed by atoms with Gasteiger partial charge in [0.15, 0.2) is 0 Å². The van der Waals surface area contributed by atoms with Gasteiger partial charge in [0.25, 0.3) is 0 Å².